The quantitative estimate of drug-likeness (QED) is 0.769. The topological polar surface area (TPSA) is 6.48 Å². The lowest BCUT2D eigenvalue weighted by Crippen LogP contribution is -2.49. The van der Waals surface area contributed by atoms with E-state index in [1.807, 2.05) is 0 Å². The van der Waals surface area contributed by atoms with E-state index in [0.717, 1.165) is 12.6 Å². The van der Waals surface area contributed by atoms with Crippen molar-refractivity contribution in [2.24, 2.45) is 0 Å². The molecule has 2 fully saturated rings. The van der Waals surface area contributed by atoms with Crippen molar-refractivity contribution >= 4 is 0 Å². The molecular weight excluding hydrogens is 208 g/mol. The fraction of sp³-hybridized carbons (Fsp3) is 0.600. The molecule has 92 valence electrons. The molecule has 3 rings (SSSR count). The molecule has 1 atom stereocenters. The lowest BCUT2D eigenvalue weighted by Gasteiger charge is -2.37. The van der Waals surface area contributed by atoms with Crippen LogP contribution in [0.25, 0.3) is 0 Å². The Hall–Kier alpha value is -0.860. The highest BCUT2D eigenvalue weighted by Gasteiger charge is 2.30. The number of nitrogens with zero attached hydrogens (tertiary/aromatic N) is 2. The normalized spacial score (nSPS) is 26.1. The van der Waals surface area contributed by atoms with Crippen LogP contribution in [0.5, 0.6) is 0 Å². The van der Waals surface area contributed by atoms with E-state index in [2.05, 4.69) is 41.0 Å². The number of aryl methyl sites for hydroxylation is 1. The number of rotatable bonds is 2. The van der Waals surface area contributed by atoms with Gasteiger partial charge >= 0.3 is 0 Å². The van der Waals surface area contributed by atoms with Gasteiger partial charge in [0.1, 0.15) is 0 Å². The van der Waals surface area contributed by atoms with E-state index < -0.39 is 0 Å². The number of benzene rings is 1. The van der Waals surface area contributed by atoms with Crippen LogP contribution in [0, 0.1) is 6.92 Å². The summed E-state index contributed by atoms with van der Waals surface area (Å²) in [6.07, 6.45) is 2.81. The number of piperazine rings is 1. The summed E-state index contributed by atoms with van der Waals surface area (Å²) in [4.78, 5) is 5.29. The van der Waals surface area contributed by atoms with Gasteiger partial charge in [0.05, 0.1) is 0 Å². The predicted octanol–water partition coefficient (Wildman–Crippen LogP) is 2.28. The van der Waals surface area contributed by atoms with Crippen molar-refractivity contribution < 1.29 is 0 Å². The standard InChI is InChI=1S/C15H22N2/c1-13-4-6-14(7-5-13)11-16-9-10-17-8-2-3-15(17)12-16/h4-7,15H,2-3,8-12H2,1H3. The molecule has 17 heavy (non-hydrogen) atoms. The van der Waals surface area contributed by atoms with Crippen LogP contribution in [0.1, 0.15) is 24.0 Å². The molecule has 1 unspecified atom stereocenters. The van der Waals surface area contributed by atoms with Crippen LogP contribution in [0.3, 0.4) is 0 Å². The van der Waals surface area contributed by atoms with Crippen LogP contribution >= 0.6 is 0 Å². The van der Waals surface area contributed by atoms with Gasteiger partial charge in [-0.25, -0.2) is 0 Å². The van der Waals surface area contributed by atoms with Gasteiger partial charge in [-0.15, -0.1) is 0 Å². The third kappa shape index (κ3) is 2.53. The van der Waals surface area contributed by atoms with Crippen LogP contribution in [-0.2, 0) is 6.54 Å². The first kappa shape index (κ1) is 11.2. The second-order valence-electron chi connectivity index (χ2n) is 5.55. The van der Waals surface area contributed by atoms with Crippen molar-refractivity contribution in [1.29, 1.82) is 0 Å². The summed E-state index contributed by atoms with van der Waals surface area (Å²) in [6, 6.07) is 9.84. The Morgan fingerprint density at radius 1 is 1.12 bits per heavy atom. The zero-order valence-corrected chi connectivity index (χ0v) is 10.7. The van der Waals surface area contributed by atoms with Gasteiger partial charge in [-0.1, -0.05) is 29.8 Å². The van der Waals surface area contributed by atoms with Crippen molar-refractivity contribution in [3.63, 3.8) is 0 Å². The van der Waals surface area contributed by atoms with Crippen LogP contribution < -0.4 is 0 Å². The Balaban J connectivity index is 1.60. The Morgan fingerprint density at radius 3 is 2.76 bits per heavy atom. The Bertz CT molecular complexity index is 371. The maximum absolute atomic E-state index is 2.67. The SMILES string of the molecule is Cc1ccc(CN2CCN3CCCC3C2)cc1. The maximum Gasteiger partial charge on any atom is 0.0234 e. The van der Waals surface area contributed by atoms with Crippen molar-refractivity contribution in [2.75, 3.05) is 26.2 Å². The first-order chi connectivity index (χ1) is 8.31. The van der Waals surface area contributed by atoms with E-state index in [4.69, 9.17) is 0 Å². The summed E-state index contributed by atoms with van der Waals surface area (Å²) in [6.45, 7) is 8.41. The largest absolute Gasteiger partial charge is 0.298 e. The third-order valence-electron chi connectivity index (χ3n) is 4.20. The molecule has 2 saturated heterocycles. The van der Waals surface area contributed by atoms with Gasteiger partial charge in [-0.2, -0.15) is 0 Å². The molecule has 0 amide bonds. The minimum atomic E-state index is 0.842. The molecule has 0 N–H and O–H groups in total. The molecule has 2 aliphatic rings. The van der Waals surface area contributed by atoms with Gasteiger partial charge in [0.2, 0.25) is 0 Å². The average molecular weight is 230 g/mol. The highest BCUT2D eigenvalue weighted by molar-refractivity contribution is 5.21. The van der Waals surface area contributed by atoms with Gasteiger partial charge in [0.15, 0.2) is 0 Å². The molecule has 2 nitrogen and oxygen atoms in total. The summed E-state index contributed by atoms with van der Waals surface area (Å²) in [7, 11) is 0. The fourth-order valence-corrected chi connectivity index (χ4v) is 3.15. The van der Waals surface area contributed by atoms with Gasteiger partial charge in [0.25, 0.3) is 0 Å². The first-order valence-electron chi connectivity index (χ1n) is 6.83. The molecule has 2 heteroatoms. The molecule has 0 aromatic heterocycles. The minimum Gasteiger partial charge on any atom is -0.298 e. The second-order valence-corrected chi connectivity index (χ2v) is 5.55. The van der Waals surface area contributed by atoms with E-state index in [1.54, 1.807) is 0 Å². The van der Waals surface area contributed by atoms with E-state index in [1.165, 1.54) is 50.1 Å². The van der Waals surface area contributed by atoms with Crippen molar-refractivity contribution in [3.05, 3.63) is 35.4 Å². The van der Waals surface area contributed by atoms with Crippen LogP contribution in [0.2, 0.25) is 0 Å². The number of hydrogen-bond acceptors (Lipinski definition) is 2. The number of hydrogen-bond donors (Lipinski definition) is 0. The van der Waals surface area contributed by atoms with Crippen molar-refractivity contribution in [1.82, 2.24) is 9.80 Å². The summed E-state index contributed by atoms with van der Waals surface area (Å²) in [5.74, 6) is 0. The Morgan fingerprint density at radius 2 is 1.94 bits per heavy atom. The molecule has 0 saturated carbocycles. The number of fused-ring (bicyclic) bond motifs is 1. The highest BCUT2D eigenvalue weighted by atomic mass is 15.3. The third-order valence-corrected chi connectivity index (χ3v) is 4.20. The van der Waals surface area contributed by atoms with Gasteiger partial charge in [-0.3, -0.25) is 9.80 Å². The highest BCUT2D eigenvalue weighted by Crippen LogP contribution is 2.22. The second kappa shape index (κ2) is 4.79. The van der Waals surface area contributed by atoms with Crippen LogP contribution in [0.15, 0.2) is 24.3 Å². The van der Waals surface area contributed by atoms with Gasteiger partial charge < -0.3 is 0 Å². The van der Waals surface area contributed by atoms with Crippen molar-refractivity contribution in [2.45, 2.75) is 32.4 Å². The molecule has 2 heterocycles. The average Bonchev–Trinajstić information content (AvgIpc) is 2.79. The zero-order valence-electron chi connectivity index (χ0n) is 10.7. The molecule has 0 spiro atoms. The summed E-state index contributed by atoms with van der Waals surface area (Å²) < 4.78 is 0. The Labute approximate surface area is 104 Å². The first-order valence-corrected chi connectivity index (χ1v) is 6.83. The summed E-state index contributed by atoms with van der Waals surface area (Å²) in [5.41, 5.74) is 2.82. The predicted molar refractivity (Wildman–Crippen MR) is 71.1 cm³/mol. The monoisotopic (exact) mass is 230 g/mol. The molecule has 0 aliphatic carbocycles. The smallest absolute Gasteiger partial charge is 0.0234 e. The van der Waals surface area contributed by atoms with E-state index in [-0.39, 0.29) is 0 Å². The molecule has 0 bridgehead atoms. The van der Waals surface area contributed by atoms with E-state index in [9.17, 15) is 0 Å². The molecular formula is C15H22N2. The minimum absolute atomic E-state index is 0.842. The van der Waals surface area contributed by atoms with E-state index >= 15 is 0 Å². The van der Waals surface area contributed by atoms with Gasteiger partial charge in [0, 0.05) is 32.2 Å². The Kier molecular flexibility index (Phi) is 3.17. The van der Waals surface area contributed by atoms with Crippen molar-refractivity contribution in [3.8, 4) is 0 Å². The summed E-state index contributed by atoms with van der Waals surface area (Å²) in [5, 5.41) is 0. The lowest BCUT2D eigenvalue weighted by molar-refractivity contribution is 0.0994. The lowest BCUT2D eigenvalue weighted by atomic mass is 10.1. The molecule has 0 radical (unpaired) electrons. The zero-order chi connectivity index (χ0) is 11.7. The van der Waals surface area contributed by atoms with E-state index in [0.29, 0.717) is 0 Å². The molecule has 2 aliphatic heterocycles. The fourth-order valence-electron chi connectivity index (χ4n) is 3.15. The van der Waals surface area contributed by atoms with Crippen LogP contribution in [0.4, 0.5) is 0 Å². The maximum atomic E-state index is 2.67. The molecule has 1 aromatic rings. The van der Waals surface area contributed by atoms with Crippen LogP contribution in [-0.4, -0.2) is 42.0 Å². The summed E-state index contributed by atoms with van der Waals surface area (Å²) >= 11 is 0. The van der Waals surface area contributed by atoms with Gasteiger partial charge in [-0.05, 0) is 31.9 Å². The molecule has 1 aromatic carbocycles.